The van der Waals surface area contributed by atoms with Crippen LogP contribution in [-0.2, 0) is 15.6 Å². The van der Waals surface area contributed by atoms with Gasteiger partial charge in [-0.25, -0.2) is 12.8 Å². The molecule has 5 heteroatoms. The lowest BCUT2D eigenvalue weighted by Crippen LogP contribution is -2.03. The van der Waals surface area contributed by atoms with Crippen molar-refractivity contribution in [2.45, 2.75) is 5.75 Å². The van der Waals surface area contributed by atoms with Crippen LogP contribution in [0.3, 0.4) is 0 Å². The summed E-state index contributed by atoms with van der Waals surface area (Å²) < 4.78 is 35.1. The molecule has 0 saturated carbocycles. The third kappa shape index (κ3) is 2.54. The van der Waals surface area contributed by atoms with Crippen LogP contribution in [0.4, 0.5) is 4.39 Å². The molecule has 0 bridgehead atoms. The molecule has 74 valence electrons. The summed E-state index contributed by atoms with van der Waals surface area (Å²) in [4.78, 5) is 0. The molecule has 0 spiro atoms. The Labute approximate surface area is 81.7 Å². The standard InChI is InChI=1S/C9H8FNO2S/c1-14(12,13)6-8-4-2-3-7(5-11)9(8)10/h2-4H,6H2,1H3. The SMILES string of the molecule is CS(=O)(=O)Cc1cccc(C#N)c1F. The van der Waals surface area contributed by atoms with Gasteiger partial charge in [0.25, 0.3) is 0 Å². The Morgan fingerprint density at radius 2 is 2.14 bits per heavy atom. The highest BCUT2D eigenvalue weighted by Crippen LogP contribution is 2.14. The molecule has 0 atom stereocenters. The fourth-order valence-corrected chi connectivity index (χ4v) is 1.85. The Morgan fingerprint density at radius 1 is 1.50 bits per heavy atom. The van der Waals surface area contributed by atoms with Gasteiger partial charge >= 0.3 is 0 Å². The van der Waals surface area contributed by atoms with E-state index in [0.717, 1.165) is 6.26 Å². The second kappa shape index (κ2) is 3.76. The maximum Gasteiger partial charge on any atom is 0.151 e. The van der Waals surface area contributed by atoms with Gasteiger partial charge < -0.3 is 0 Å². The van der Waals surface area contributed by atoms with E-state index in [9.17, 15) is 12.8 Å². The van der Waals surface area contributed by atoms with Crippen molar-refractivity contribution >= 4 is 9.84 Å². The van der Waals surface area contributed by atoms with E-state index in [1.165, 1.54) is 18.2 Å². The number of nitrogens with zero attached hydrogens (tertiary/aromatic N) is 1. The molecular formula is C9H8FNO2S. The summed E-state index contributed by atoms with van der Waals surface area (Å²) in [6.45, 7) is 0. The van der Waals surface area contributed by atoms with Gasteiger partial charge in [0.1, 0.15) is 11.9 Å². The van der Waals surface area contributed by atoms with Crippen molar-refractivity contribution in [2.75, 3.05) is 6.26 Å². The van der Waals surface area contributed by atoms with Crippen LogP contribution in [0.15, 0.2) is 18.2 Å². The number of nitriles is 1. The van der Waals surface area contributed by atoms with Crippen molar-refractivity contribution in [2.24, 2.45) is 0 Å². The maximum absolute atomic E-state index is 13.3. The molecule has 0 heterocycles. The van der Waals surface area contributed by atoms with E-state index >= 15 is 0 Å². The average molecular weight is 213 g/mol. The third-order valence-electron chi connectivity index (χ3n) is 1.62. The van der Waals surface area contributed by atoms with Crippen LogP contribution in [0.2, 0.25) is 0 Å². The van der Waals surface area contributed by atoms with Gasteiger partial charge in [-0.3, -0.25) is 0 Å². The van der Waals surface area contributed by atoms with Gasteiger partial charge in [-0.1, -0.05) is 12.1 Å². The summed E-state index contributed by atoms with van der Waals surface area (Å²) in [5.74, 6) is -1.13. The molecule has 1 aromatic carbocycles. The minimum Gasteiger partial charge on any atom is -0.229 e. The minimum absolute atomic E-state index is 0.0338. The lowest BCUT2D eigenvalue weighted by atomic mass is 10.1. The molecule has 0 saturated heterocycles. The first-order valence-corrected chi connectivity index (χ1v) is 5.85. The molecule has 0 unspecified atom stereocenters. The number of sulfone groups is 1. The second-order valence-electron chi connectivity index (χ2n) is 2.96. The first-order chi connectivity index (χ1) is 6.44. The van der Waals surface area contributed by atoms with E-state index in [1.54, 1.807) is 6.07 Å². The molecule has 0 aliphatic heterocycles. The van der Waals surface area contributed by atoms with E-state index in [0.29, 0.717) is 0 Å². The number of hydrogen-bond donors (Lipinski definition) is 0. The van der Waals surface area contributed by atoms with Crippen molar-refractivity contribution in [3.05, 3.63) is 35.1 Å². The lowest BCUT2D eigenvalue weighted by molar-refractivity contribution is 0.590. The summed E-state index contributed by atoms with van der Waals surface area (Å²) in [6.07, 6.45) is 1.02. The van der Waals surface area contributed by atoms with E-state index in [1.807, 2.05) is 0 Å². The number of benzene rings is 1. The van der Waals surface area contributed by atoms with Gasteiger partial charge in [-0.15, -0.1) is 0 Å². The van der Waals surface area contributed by atoms with Crippen LogP contribution >= 0.6 is 0 Å². The molecule has 0 aromatic heterocycles. The minimum atomic E-state index is -3.27. The quantitative estimate of drug-likeness (QED) is 0.742. The molecule has 0 aliphatic carbocycles. The Bertz CT molecular complexity index is 488. The van der Waals surface area contributed by atoms with E-state index < -0.39 is 15.7 Å². The second-order valence-corrected chi connectivity index (χ2v) is 5.10. The van der Waals surface area contributed by atoms with Crippen molar-refractivity contribution in [3.8, 4) is 6.07 Å². The Morgan fingerprint density at radius 3 is 2.64 bits per heavy atom. The molecule has 1 rings (SSSR count). The molecule has 0 amide bonds. The predicted molar refractivity (Wildman–Crippen MR) is 49.7 cm³/mol. The molecule has 0 radical (unpaired) electrons. The molecule has 0 aliphatic rings. The first-order valence-electron chi connectivity index (χ1n) is 3.79. The van der Waals surface area contributed by atoms with Crippen LogP contribution in [-0.4, -0.2) is 14.7 Å². The van der Waals surface area contributed by atoms with E-state index in [4.69, 9.17) is 5.26 Å². The first kappa shape index (κ1) is 10.7. The summed E-state index contributed by atoms with van der Waals surface area (Å²) in [6, 6.07) is 5.78. The summed E-state index contributed by atoms with van der Waals surface area (Å²) in [5, 5.41) is 8.50. The fourth-order valence-electron chi connectivity index (χ4n) is 1.06. The Kier molecular flexibility index (Phi) is 2.87. The van der Waals surface area contributed by atoms with Crippen LogP contribution in [0.25, 0.3) is 0 Å². The number of hydrogen-bond acceptors (Lipinski definition) is 3. The average Bonchev–Trinajstić information content (AvgIpc) is 2.06. The van der Waals surface area contributed by atoms with Gasteiger partial charge in [0.2, 0.25) is 0 Å². The summed E-state index contributed by atoms with van der Waals surface area (Å²) >= 11 is 0. The normalized spacial score (nSPS) is 10.9. The highest BCUT2D eigenvalue weighted by atomic mass is 32.2. The highest BCUT2D eigenvalue weighted by Gasteiger charge is 2.12. The van der Waals surface area contributed by atoms with Crippen LogP contribution in [0.1, 0.15) is 11.1 Å². The summed E-state index contributed by atoms with van der Waals surface area (Å²) in [7, 11) is -3.27. The van der Waals surface area contributed by atoms with Crippen LogP contribution in [0.5, 0.6) is 0 Å². The topological polar surface area (TPSA) is 57.9 Å². The molecule has 0 fully saturated rings. The lowest BCUT2D eigenvalue weighted by Gasteiger charge is -2.01. The zero-order chi connectivity index (χ0) is 10.8. The molecular weight excluding hydrogens is 205 g/mol. The number of halogens is 1. The Hall–Kier alpha value is -1.41. The van der Waals surface area contributed by atoms with Gasteiger partial charge in [-0.2, -0.15) is 5.26 Å². The molecule has 3 nitrogen and oxygen atoms in total. The van der Waals surface area contributed by atoms with E-state index in [2.05, 4.69) is 0 Å². The van der Waals surface area contributed by atoms with Crippen LogP contribution < -0.4 is 0 Å². The summed E-state index contributed by atoms with van der Waals surface area (Å²) in [5.41, 5.74) is -0.0994. The predicted octanol–water partition coefficient (Wildman–Crippen LogP) is 1.24. The molecule has 14 heavy (non-hydrogen) atoms. The molecule has 0 N–H and O–H groups in total. The van der Waals surface area contributed by atoms with Gasteiger partial charge in [-0.05, 0) is 6.07 Å². The largest absolute Gasteiger partial charge is 0.229 e. The van der Waals surface area contributed by atoms with Gasteiger partial charge in [0.15, 0.2) is 9.84 Å². The van der Waals surface area contributed by atoms with Crippen molar-refractivity contribution in [1.82, 2.24) is 0 Å². The van der Waals surface area contributed by atoms with E-state index in [-0.39, 0.29) is 16.9 Å². The smallest absolute Gasteiger partial charge is 0.151 e. The highest BCUT2D eigenvalue weighted by molar-refractivity contribution is 7.89. The Balaban J connectivity index is 3.19. The fraction of sp³-hybridized carbons (Fsp3) is 0.222. The third-order valence-corrected chi connectivity index (χ3v) is 2.45. The van der Waals surface area contributed by atoms with Crippen LogP contribution in [0, 0.1) is 17.1 Å². The number of rotatable bonds is 2. The maximum atomic E-state index is 13.3. The zero-order valence-corrected chi connectivity index (χ0v) is 8.31. The van der Waals surface area contributed by atoms with Crippen molar-refractivity contribution in [1.29, 1.82) is 5.26 Å². The molecule has 1 aromatic rings. The van der Waals surface area contributed by atoms with Crippen molar-refractivity contribution in [3.63, 3.8) is 0 Å². The monoisotopic (exact) mass is 213 g/mol. The van der Waals surface area contributed by atoms with Crippen molar-refractivity contribution < 1.29 is 12.8 Å². The van der Waals surface area contributed by atoms with Gasteiger partial charge in [0.05, 0.1) is 11.3 Å². The van der Waals surface area contributed by atoms with Gasteiger partial charge in [0, 0.05) is 11.8 Å². The zero-order valence-electron chi connectivity index (χ0n) is 7.49.